The maximum Gasteiger partial charge on any atom is 0.293 e. The Balaban J connectivity index is 2.92. The van der Waals surface area contributed by atoms with Crippen LogP contribution in [0.3, 0.4) is 0 Å². The minimum absolute atomic E-state index is 0.0215. The number of oxazole rings is 1. The molecule has 0 bridgehead atoms. The standard InChI is InChI=1S/C7H3Br2FN2O/c8-2-1-3-6(4(9)5(2)10)13-7(11)12-3/h1H,(H2,11,12). The van der Waals surface area contributed by atoms with Gasteiger partial charge in [-0.05, 0) is 37.9 Å². The van der Waals surface area contributed by atoms with Gasteiger partial charge in [0.05, 0.1) is 8.95 Å². The van der Waals surface area contributed by atoms with E-state index < -0.39 is 5.82 Å². The lowest BCUT2D eigenvalue weighted by molar-refractivity contribution is 0.595. The quantitative estimate of drug-likeness (QED) is 0.761. The van der Waals surface area contributed by atoms with Crippen LogP contribution in [-0.2, 0) is 0 Å². The molecule has 0 radical (unpaired) electrons. The average Bonchev–Trinajstić information content (AvgIpc) is 2.42. The van der Waals surface area contributed by atoms with E-state index in [4.69, 9.17) is 10.2 Å². The van der Waals surface area contributed by atoms with Crippen molar-refractivity contribution in [2.75, 3.05) is 5.73 Å². The highest BCUT2D eigenvalue weighted by Crippen LogP contribution is 2.32. The Morgan fingerprint density at radius 3 is 2.85 bits per heavy atom. The normalized spacial score (nSPS) is 11.0. The van der Waals surface area contributed by atoms with Gasteiger partial charge in [-0.25, -0.2) is 4.39 Å². The van der Waals surface area contributed by atoms with Crippen LogP contribution in [0.15, 0.2) is 19.4 Å². The monoisotopic (exact) mass is 308 g/mol. The minimum Gasteiger partial charge on any atom is -0.422 e. The highest BCUT2D eigenvalue weighted by Gasteiger charge is 2.14. The van der Waals surface area contributed by atoms with Crippen molar-refractivity contribution in [1.82, 2.24) is 4.98 Å². The van der Waals surface area contributed by atoms with Crippen LogP contribution in [0.25, 0.3) is 11.1 Å². The van der Waals surface area contributed by atoms with Crippen LogP contribution in [0.4, 0.5) is 10.4 Å². The van der Waals surface area contributed by atoms with Crippen LogP contribution in [0.1, 0.15) is 0 Å². The molecule has 0 saturated carbocycles. The van der Waals surface area contributed by atoms with Crippen LogP contribution in [-0.4, -0.2) is 4.98 Å². The molecule has 3 nitrogen and oxygen atoms in total. The molecule has 0 amide bonds. The first-order chi connectivity index (χ1) is 6.09. The zero-order valence-corrected chi connectivity index (χ0v) is 9.32. The Morgan fingerprint density at radius 1 is 1.46 bits per heavy atom. The van der Waals surface area contributed by atoms with Crippen molar-refractivity contribution in [3.63, 3.8) is 0 Å². The number of anilines is 1. The maximum absolute atomic E-state index is 13.2. The van der Waals surface area contributed by atoms with Gasteiger partial charge in [-0.15, -0.1) is 0 Å². The molecule has 68 valence electrons. The van der Waals surface area contributed by atoms with Crippen molar-refractivity contribution in [2.24, 2.45) is 0 Å². The van der Waals surface area contributed by atoms with Crippen LogP contribution in [0.2, 0.25) is 0 Å². The molecular weight excluding hydrogens is 307 g/mol. The first-order valence-corrected chi connectivity index (χ1v) is 4.87. The number of halogens is 3. The number of aromatic nitrogens is 1. The fourth-order valence-corrected chi connectivity index (χ4v) is 2.17. The molecule has 0 spiro atoms. The summed E-state index contributed by atoms with van der Waals surface area (Å²) < 4.78 is 18.8. The van der Waals surface area contributed by atoms with E-state index in [1.54, 1.807) is 0 Å². The van der Waals surface area contributed by atoms with Gasteiger partial charge in [-0.2, -0.15) is 4.98 Å². The second-order valence-electron chi connectivity index (χ2n) is 2.39. The highest BCUT2D eigenvalue weighted by atomic mass is 79.9. The number of rotatable bonds is 0. The third-order valence-electron chi connectivity index (χ3n) is 1.54. The van der Waals surface area contributed by atoms with Crippen molar-refractivity contribution >= 4 is 49.0 Å². The average molecular weight is 310 g/mol. The number of nitrogens with zero attached hydrogens (tertiary/aromatic N) is 1. The second kappa shape index (κ2) is 2.95. The van der Waals surface area contributed by atoms with Crippen molar-refractivity contribution in [2.45, 2.75) is 0 Å². The lowest BCUT2D eigenvalue weighted by Crippen LogP contribution is -1.81. The van der Waals surface area contributed by atoms with E-state index in [0.717, 1.165) is 0 Å². The molecule has 13 heavy (non-hydrogen) atoms. The predicted octanol–water partition coefficient (Wildman–Crippen LogP) is 3.07. The third-order valence-corrected chi connectivity index (χ3v) is 2.82. The second-order valence-corrected chi connectivity index (χ2v) is 4.03. The highest BCUT2D eigenvalue weighted by molar-refractivity contribution is 9.11. The molecule has 2 rings (SSSR count). The molecule has 0 saturated heterocycles. The molecule has 0 aliphatic heterocycles. The lowest BCUT2D eigenvalue weighted by Gasteiger charge is -1.96. The number of nitrogen functional groups attached to an aromatic ring is 1. The smallest absolute Gasteiger partial charge is 0.293 e. The SMILES string of the molecule is Nc1nc2cc(Br)c(F)c(Br)c2o1. The van der Waals surface area contributed by atoms with Gasteiger partial charge in [-0.3, -0.25) is 0 Å². The van der Waals surface area contributed by atoms with E-state index in [1.165, 1.54) is 6.07 Å². The van der Waals surface area contributed by atoms with Gasteiger partial charge in [0.15, 0.2) is 11.4 Å². The lowest BCUT2D eigenvalue weighted by atomic mass is 10.3. The van der Waals surface area contributed by atoms with Crippen molar-refractivity contribution in [3.8, 4) is 0 Å². The van der Waals surface area contributed by atoms with E-state index in [1.807, 2.05) is 0 Å². The van der Waals surface area contributed by atoms with E-state index >= 15 is 0 Å². The molecule has 2 aromatic rings. The summed E-state index contributed by atoms with van der Waals surface area (Å²) in [4.78, 5) is 3.86. The first-order valence-electron chi connectivity index (χ1n) is 3.29. The Hall–Kier alpha value is -0.620. The van der Waals surface area contributed by atoms with Crippen molar-refractivity contribution in [3.05, 3.63) is 20.8 Å². The van der Waals surface area contributed by atoms with Gasteiger partial charge >= 0.3 is 0 Å². The third kappa shape index (κ3) is 1.34. The Morgan fingerprint density at radius 2 is 2.15 bits per heavy atom. The zero-order chi connectivity index (χ0) is 9.59. The van der Waals surface area contributed by atoms with Crippen LogP contribution in [0.5, 0.6) is 0 Å². The van der Waals surface area contributed by atoms with Gasteiger partial charge in [0.2, 0.25) is 0 Å². The van der Waals surface area contributed by atoms with E-state index in [2.05, 4.69) is 36.8 Å². The molecule has 2 N–H and O–H groups in total. The van der Waals surface area contributed by atoms with Crippen LogP contribution >= 0.6 is 31.9 Å². The number of fused-ring (bicyclic) bond motifs is 1. The molecule has 1 aromatic heterocycles. The largest absolute Gasteiger partial charge is 0.422 e. The Kier molecular flexibility index (Phi) is 2.03. The van der Waals surface area contributed by atoms with Gasteiger partial charge in [0, 0.05) is 0 Å². The van der Waals surface area contributed by atoms with Gasteiger partial charge in [-0.1, -0.05) is 0 Å². The minimum atomic E-state index is -0.427. The number of hydrogen-bond donors (Lipinski definition) is 1. The summed E-state index contributed by atoms with van der Waals surface area (Å²) in [5, 5.41) is 0. The molecule has 0 unspecified atom stereocenters. The summed E-state index contributed by atoms with van der Waals surface area (Å²) in [5.74, 6) is -0.427. The Bertz CT molecular complexity index is 483. The molecular formula is C7H3Br2FN2O. The zero-order valence-electron chi connectivity index (χ0n) is 6.14. The maximum atomic E-state index is 13.2. The van der Waals surface area contributed by atoms with Crippen LogP contribution in [0, 0.1) is 5.82 Å². The van der Waals surface area contributed by atoms with Crippen LogP contribution < -0.4 is 5.73 Å². The summed E-state index contributed by atoms with van der Waals surface area (Å²) in [6.07, 6.45) is 0. The predicted molar refractivity (Wildman–Crippen MR) is 53.8 cm³/mol. The molecule has 0 aliphatic rings. The number of hydrogen-bond acceptors (Lipinski definition) is 3. The van der Waals surface area contributed by atoms with E-state index in [-0.39, 0.29) is 10.5 Å². The fourth-order valence-electron chi connectivity index (χ4n) is 0.992. The van der Waals surface area contributed by atoms with Gasteiger partial charge in [0.1, 0.15) is 5.52 Å². The molecule has 0 atom stereocenters. The van der Waals surface area contributed by atoms with Crippen molar-refractivity contribution in [1.29, 1.82) is 0 Å². The summed E-state index contributed by atoms with van der Waals surface area (Å²) >= 11 is 6.10. The summed E-state index contributed by atoms with van der Waals surface area (Å²) in [6.45, 7) is 0. The topological polar surface area (TPSA) is 52.0 Å². The first kappa shape index (κ1) is 8.96. The van der Waals surface area contributed by atoms with Gasteiger partial charge in [0.25, 0.3) is 6.01 Å². The van der Waals surface area contributed by atoms with Crippen molar-refractivity contribution < 1.29 is 8.81 Å². The molecule has 6 heteroatoms. The Labute approximate surface area is 89.4 Å². The van der Waals surface area contributed by atoms with E-state index in [9.17, 15) is 4.39 Å². The molecule has 1 aromatic carbocycles. The summed E-state index contributed by atoms with van der Waals surface area (Å²) in [7, 11) is 0. The number of nitrogens with two attached hydrogens (primary N) is 1. The number of benzene rings is 1. The van der Waals surface area contributed by atoms with E-state index in [0.29, 0.717) is 15.6 Å². The fraction of sp³-hybridized carbons (Fsp3) is 0. The molecule has 1 heterocycles. The van der Waals surface area contributed by atoms with Gasteiger partial charge < -0.3 is 10.2 Å². The summed E-state index contributed by atoms with van der Waals surface area (Å²) in [5.41, 5.74) is 6.15. The molecule has 0 fully saturated rings. The molecule has 0 aliphatic carbocycles. The summed E-state index contributed by atoms with van der Waals surface area (Å²) in [6, 6.07) is 1.53.